The highest BCUT2D eigenvalue weighted by molar-refractivity contribution is 5.87. The average molecular weight is 657 g/mol. The van der Waals surface area contributed by atoms with Gasteiger partial charge < -0.3 is 26.6 Å². The van der Waals surface area contributed by atoms with Gasteiger partial charge in [0.15, 0.2) is 0 Å². The molecule has 3 unspecified atom stereocenters. The quantitative estimate of drug-likeness (QED) is 0.199. The van der Waals surface area contributed by atoms with E-state index >= 15 is 0 Å². The lowest BCUT2D eigenvalue weighted by Gasteiger charge is -2.36. The predicted octanol–water partition coefficient (Wildman–Crippen LogP) is 8.32. The normalized spacial score (nSPS) is 12.5. The van der Waals surface area contributed by atoms with Crippen LogP contribution in [-0.4, -0.2) is 35.2 Å². The Labute approximate surface area is 276 Å². The molecule has 0 saturated carbocycles. The van der Waals surface area contributed by atoms with Gasteiger partial charge in [0.2, 0.25) is 0 Å². The van der Waals surface area contributed by atoms with Crippen molar-refractivity contribution in [2.24, 2.45) is 0 Å². The number of nitrogens with zero attached hydrogens (tertiary/aromatic N) is 1. The number of carbonyl (C=O) groups is 1. The van der Waals surface area contributed by atoms with Gasteiger partial charge in [0.05, 0.1) is 25.2 Å². The zero-order valence-corrected chi connectivity index (χ0v) is 29.5. The van der Waals surface area contributed by atoms with Gasteiger partial charge in [0.1, 0.15) is 6.54 Å². The number of rotatable bonds is 12. The van der Waals surface area contributed by atoms with Gasteiger partial charge in [-0.25, -0.2) is 4.79 Å². The maximum absolute atomic E-state index is 10.6. The van der Waals surface area contributed by atoms with Crippen LogP contribution in [0.15, 0.2) is 78.9 Å². The van der Waals surface area contributed by atoms with Gasteiger partial charge in [0, 0.05) is 5.56 Å². The van der Waals surface area contributed by atoms with E-state index in [1.54, 1.807) is 12.1 Å². The summed E-state index contributed by atoms with van der Waals surface area (Å²) in [4.78, 5) is 10.6. The van der Waals surface area contributed by atoms with E-state index in [1.165, 1.54) is 65.8 Å². The Morgan fingerprint density at radius 1 is 0.605 bits per heavy atom. The van der Waals surface area contributed by atoms with Crippen molar-refractivity contribution in [3.8, 4) is 0 Å². The van der Waals surface area contributed by atoms with Gasteiger partial charge in [-0.05, 0) is 86.6 Å². The number of hydrogen-bond donors (Lipinski definition) is 1. The molecule has 3 rings (SSSR count). The maximum atomic E-state index is 10.6. The summed E-state index contributed by atoms with van der Waals surface area (Å²) in [6, 6.07) is 27.0. The molecule has 0 heterocycles. The van der Waals surface area contributed by atoms with Crippen molar-refractivity contribution in [3.63, 3.8) is 0 Å². The molecule has 0 spiro atoms. The molecule has 0 radical (unpaired) electrons. The molecular weight excluding hydrogens is 594 g/mol. The average Bonchev–Trinajstić information content (AvgIpc) is 3.03. The highest BCUT2D eigenvalue weighted by Gasteiger charge is 2.21. The summed E-state index contributed by atoms with van der Waals surface area (Å²) in [5.41, 5.74) is 5.96. The third kappa shape index (κ3) is 14.7. The first-order chi connectivity index (χ1) is 19.6. The third-order valence-corrected chi connectivity index (χ3v) is 9.01. The molecule has 0 fully saturated rings. The molecule has 0 aliphatic rings. The molecule has 3 aromatic rings. The van der Waals surface area contributed by atoms with Crippen LogP contribution in [0.3, 0.4) is 0 Å². The van der Waals surface area contributed by atoms with E-state index in [4.69, 9.17) is 5.11 Å². The maximum Gasteiger partial charge on any atom is 0.335 e. The molecular formula is C39H62BrNO2. The van der Waals surface area contributed by atoms with Crippen LogP contribution in [0.2, 0.25) is 0 Å². The Kier molecular flexibility index (Phi) is 22.9. The van der Waals surface area contributed by atoms with Gasteiger partial charge in [-0.15, -0.1) is 0 Å². The highest BCUT2D eigenvalue weighted by atomic mass is 79.9. The first kappa shape index (κ1) is 42.7. The molecule has 0 amide bonds. The van der Waals surface area contributed by atoms with Crippen LogP contribution in [0.1, 0.15) is 139 Å². The summed E-state index contributed by atoms with van der Waals surface area (Å²) < 4.78 is 1.20. The summed E-state index contributed by atoms with van der Waals surface area (Å²) in [7, 11) is 0. The summed E-state index contributed by atoms with van der Waals surface area (Å²) >= 11 is 0. The van der Waals surface area contributed by atoms with E-state index in [9.17, 15) is 4.79 Å². The number of benzene rings is 3. The Morgan fingerprint density at radius 3 is 1.28 bits per heavy atom. The fourth-order valence-corrected chi connectivity index (χ4v) is 4.79. The molecule has 3 nitrogen and oxygen atoms in total. The van der Waals surface area contributed by atoms with Crippen LogP contribution >= 0.6 is 0 Å². The summed E-state index contributed by atoms with van der Waals surface area (Å²) in [6.07, 6.45) is 3.52. The van der Waals surface area contributed by atoms with Crippen molar-refractivity contribution in [1.82, 2.24) is 0 Å². The van der Waals surface area contributed by atoms with Gasteiger partial charge in [-0.1, -0.05) is 116 Å². The number of quaternary nitrogens is 1. The molecule has 242 valence electrons. The van der Waals surface area contributed by atoms with Crippen LogP contribution in [0.5, 0.6) is 0 Å². The van der Waals surface area contributed by atoms with Crippen molar-refractivity contribution in [2.75, 3.05) is 19.6 Å². The molecule has 0 aliphatic heterocycles. The Morgan fingerprint density at radius 2 is 0.953 bits per heavy atom. The topological polar surface area (TPSA) is 37.3 Å². The SMILES string of the molecule is C.CCC(C)c1ccc(C(=O)O)cc1.CCC(C)c1ccc(C[N+](CC)(CC)CC)cc1.CCC(C)c1ccccc1.[Br-]. The highest BCUT2D eigenvalue weighted by Crippen LogP contribution is 2.21. The predicted molar refractivity (Wildman–Crippen MR) is 185 cm³/mol. The second-order valence-corrected chi connectivity index (χ2v) is 11.5. The Bertz CT molecular complexity index is 1080. The fourth-order valence-electron chi connectivity index (χ4n) is 4.79. The van der Waals surface area contributed by atoms with Gasteiger partial charge in [-0.2, -0.15) is 0 Å². The smallest absolute Gasteiger partial charge is 0.335 e. The zero-order chi connectivity index (χ0) is 30.8. The van der Waals surface area contributed by atoms with Crippen LogP contribution in [0.25, 0.3) is 0 Å². The minimum Gasteiger partial charge on any atom is -1.00 e. The van der Waals surface area contributed by atoms with Crippen molar-refractivity contribution in [3.05, 3.63) is 107 Å². The second-order valence-electron chi connectivity index (χ2n) is 11.5. The zero-order valence-electron chi connectivity index (χ0n) is 27.9. The minimum atomic E-state index is -0.865. The van der Waals surface area contributed by atoms with E-state index in [1.807, 2.05) is 12.1 Å². The first-order valence-corrected chi connectivity index (χ1v) is 15.9. The van der Waals surface area contributed by atoms with E-state index < -0.39 is 5.97 Å². The van der Waals surface area contributed by atoms with Crippen molar-refractivity contribution in [2.45, 2.75) is 113 Å². The summed E-state index contributed by atoms with van der Waals surface area (Å²) in [5.74, 6) is 1.03. The van der Waals surface area contributed by atoms with Crippen LogP contribution in [-0.2, 0) is 6.54 Å². The number of halogens is 1. The van der Waals surface area contributed by atoms with Crippen molar-refractivity contribution >= 4 is 5.97 Å². The molecule has 0 aliphatic carbocycles. The molecule has 1 N–H and O–H groups in total. The molecule has 3 atom stereocenters. The largest absolute Gasteiger partial charge is 1.00 e. The molecule has 3 aromatic carbocycles. The molecule has 0 saturated heterocycles. The van der Waals surface area contributed by atoms with E-state index in [2.05, 4.69) is 117 Å². The fraction of sp³-hybridized carbons (Fsp3) is 0.513. The van der Waals surface area contributed by atoms with Crippen LogP contribution in [0, 0.1) is 0 Å². The van der Waals surface area contributed by atoms with Crippen LogP contribution in [0.4, 0.5) is 0 Å². The summed E-state index contributed by atoms with van der Waals surface area (Å²) in [5, 5.41) is 8.67. The lowest BCUT2D eigenvalue weighted by molar-refractivity contribution is -0.936. The third-order valence-electron chi connectivity index (χ3n) is 9.01. The van der Waals surface area contributed by atoms with Crippen LogP contribution < -0.4 is 17.0 Å². The lowest BCUT2D eigenvalue weighted by Crippen LogP contribution is -3.00. The first-order valence-electron chi connectivity index (χ1n) is 15.9. The molecule has 0 aromatic heterocycles. The molecule has 0 bridgehead atoms. The summed E-state index contributed by atoms with van der Waals surface area (Å²) in [6.45, 7) is 25.1. The van der Waals surface area contributed by atoms with Gasteiger partial charge in [-0.3, -0.25) is 0 Å². The molecule has 43 heavy (non-hydrogen) atoms. The lowest BCUT2D eigenvalue weighted by atomic mass is 9.97. The molecule has 4 heteroatoms. The number of aromatic carboxylic acids is 1. The van der Waals surface area contributed by atoms with Crippen molar-refractivity contribution in [1.29, 1.82) is 0 Å². The van der Waals surface area contributed by atoms with Gasteiger partial charge >= 0.3 is 5.97 Å². The second kappa shape index (κ2) is 23.0. The number of carboxylic acid groups (broad SMARTS) is 1. The van der Waals surface area contributed by atoms with Crippen molar-refractivity contribution < 1.29 is 31.4 Å². The Hall–Kier alpha value is -2.43. The van der Waals surface area contributed by atoms with E-state index in [0.717, 1.165) is 6.42 Å². The monoisotopic (exact) mass is 655 g/mol. The van der Waals surface area contributed by atoms with E-state index in [0.29, 0.717) is 23.3 Å². The minimum absolute atomic E-state index is 0. The number of carboxylic acids is 1. The van der Waals surface area contributed by atoms with Gasteiger partial charge in [0.25, 0.3) is 0 Å². The Balaban J connectivity index is 0. The number of hydrogen-bond acceptors (Lipinski definition) is 1. The van der Waals surface area contributed by atoms with E-state index in [-0.39, 0.29) is 24.4 Å². The standard InChI is InChI=1S/C17H30N.C11H14O2.C10H14.CH4.BrH/c1-6-15(5)17-12-10-16(11-13-17)14-18(7-2,8-3)9-4;1-3-8(2)9-4-6-10(7-5-9)11(12)13;1-3-9(2)10-7-5-4-6-8-10;;/h10-13,15H,6-9,14H2,1-5H3;4-8H,3H2,1-2H3,(H,12,13);4-9H,3H2,1-2H3;1H4;1H/q+1;;;;/p-1.